The number of hydrogen-bond acceptors (Lipinski definition) is 5. The predicted octanol–water partition coefficient (Wildman–Crippen LogP) is 1.51. The monoisotopic (exact) mass is 287 g/mol. The van der Waals surface area contributed by atoms with Crippen molar-refractivity contribution in [3.63, 3.8) is 0 Å². The number of carbonyl (C=O) groups is 1. The van der Waals surface area contributed by atoms with Crippen LogP contribution in [0.5, 0.6) is 0 Å². The van der Waals surface area contributed by atoms with Gasteiger partial charge in [-0.2, -0.15) is 0 Å². The molecule has 0 spiro atoms. The van der Waals surface area contributed by atoms with Crippen molar-refractivity contribution < 1.29 is 9.90 Å². The maximum atomic E-state index is 10.9. The first-order valence-corrected chi connectivity index (χ1v) is 6.93. The number of amides is 1. The maximum Gasteiger partial charge on any atom is 0.404 e. The molecule has 0 saturated carbocycles. The highest BCUT2D eigenvalue weighted by Crippen LogP contribution is 2.27. The zero-order valence-corrected chi connectivity index (χ0v) is 11.7. The van der Waals surface area contributed by atoms with Gasteiger partial charge >= 0.3 is 6.09 Å². The standard InChI is InChI=1S/C14H17N5O2/c1-9-6-10(18-14(20)21)8-19(7-9)11-2-3-16-13-12(11)15-4-5-17-13/h2-5,9-10,18H,6-8H2,1H3,(H,20,21)/t9-,10+/m0/s1. The summed E-state index contributed by atoms with van der Waals surface area (Å²) >= 11 is 0. The Balaban J connectivity index is 1.92. The third kappa shape index (κ3) is 2.86. The predicted molar refractivity (Wildman–Crippen MR) is 78.3 cm³/mol. The lowest BCUT2D eigenvalue weighted by Crippen LogP contribution is -2.50. The Morgan fingerprint density at radius 1 is 1.29 bits per heavy atom. The van der Waals surface area contributed by atoms with E-state index in [4.69, 9.17) is 5.11 Å². The Labute approximate surface area is 122 Å². The summed E-state index contributed by atoms with van der Waals surface area (Å²) in [6.07, 6.45) is 4.84. The van der Waals surface area contributed by atoms with E-state index in [2.05, 4.69) is 32.1 Å². The van der Waals surface area contributed by atoms with Gasteiger partial charge in [0, 0.05) is 37.7 Å². The molecule has 0 radical (unpaired) electrons. The lowest BCUT2D eigenvalue weighted by atomic mass is 9.95. The Morgan fingerprint density at radius 3 is 2.86 bits per heavy atom. The molecule has 0 aromatic carbocycles. The topological polar surface area (TPSA) is 91.2 Å². The fourth-order valence-corrected chi connectivity index (χ4v) is 2.95. The van der Waals surface area contributed by atoms with Crippen LogP contribution in [-0.2, 0) is 0 Å². The van der Waals surface area contributed by atoms with Gasteiger partial charge in [0.15, 0.2) is 5.65 Å². The molecule has 0 aliphatic carbocycles. The summed E-state index contributed by atoms with van der Waals surface area (Å²) in [6.45, 7) is 3.62. The molecular formula is C14H17N5O2. The van der Waals surface area contributed by atoms with Gasteiger partial charge in [-0.25, -0.2) is 19.7 Å². The minimum atomic E-state index is -0.978. The number of piperidine rings is 1. The molecule has 0 unspecified atom stereocenters. The summed E-state index contributed by atoms with van der Waals surface area (Å²) in [7, 11) is 0. The van der Waals surface area contributed by atoms with E-state index >= 15 is 0 Å². The molecule has 2 atom stereocenters. The Bertz CT molecular complexity index is 657. The van der Waals surface area contributed by atoms with Gasteiger partial charge in [0.25, 0.3) is 0 Å². The van der Waals surface area contributed by atoms with Gasteiger partial charge in [-0.3, -0.25) is 0 Å². The van der Waals surface area contributed by atoms with Crippen LogP contribution in [0, 0.1) is 5.92 Å². The summed E-state index contributed by atoms with van der Waals surface area (Å²) in [5, 5.41) is 11.5. The minimum absolute atomic E-state index is 0.0777. The van der Waals surface area contributed by atoms with E-state index in [0.717, 1.165) is 24.2 Å². The second-order valence-electron chi connectivity index (χ2n) is 5.45. The normalized spacial score (nSPS) is 22.2. The molecule has 0 bridgehead atoms. The number of rotatable bonds is 2. The number of nitrogens with zero attached hydrogens (tertiary/aromatic N) is 4. The number of carboxylic acid groups (broad SMARTS) is 1. The van der Waals surface area contributed by atoms with Crippen LogP contribution in [0.15, 0.2) is 24.7 Å². The third-order valence-corrected chi connectivity index (χ3v) is 3.68. The zero-order chi connectivity index (χ0) is 14.8. The Morgan fingerprint density at radius 2 is 2.05 bits per heavy atom. The van der Waals surface area contributed by atoms with Gasteiger partial charge in [0.05, 0.1) is 5.69 Å². The fraction of sp³-hybridized carbons (Fsp3) is 0.429. The highest BCUT2D eigenvalue weighted by atomic mass is 16.4. The third-order valence-electron chi connectivity index (χ3n) is 3.68. The molecule has 21 heavy (non-hydrogen) atoms. The van der Waals surface area contributed by atoms with Crippen LogP contribution >= 0.6 is 0 Å². The van der Waals surface area contributed by atoms with Gasteiger partial charge in [0.2, 0.25) is 0 Å². The molecule has 7 nitrogen and oxygen atoms in total. The molecule has 1 saturated heterocycles. The lowest BCUT2D eigenvalue weighted by molar-refractivity contribution is 0.186. The van der Waals surface area contributed by atoms with Gasteiger partial charge < -0.3 is 15.3 Å². The highest BCUT2D eigenvalue weighted by Gasteiger charge is 2.27. The summed E-state index contributed by atoms with van der Waals surface area (Å²) in [6, 6.07) is 1.83. The molecule has 2 aromatic heterocycles. The van der Waals surface area contributed by atoms with E-state index in [-0.39, 0.29) is 6.04 Å². The molecule has 1 amide bonds. The smallest absolute Gasteiger partial charge is 0.404 e. The van der Waals surface area contributed by atoms with Crippen LogP contribution in [0.1, 0.15) is 13.3 Å². The maximum absolute atomic E-state index is 10.9. The van der Waals surface area contributed by atoms with Crippen molar-refractivity contribution in [1.29, 1.82) is 0 Å². The van der Waals surface area contributed by atoms with Crippen LogP contribution < -0.4 is 10.2 Å². The number of nitrogens with one attached hydrogen (secondary N) is 1. The molecule has 1 aliphatic rings. The van der Waals surface area contributed by atoms with E-state index in [1.165, 1.54) is 0 Å². The number of hydrogen-bond donors (Lipinski definition) is 2. The summed E-state index contributed by atoms with van der Waals surface area (Å²) in [5.74, 6) is 0.399. The molecule has 110 valence electrons. The van der Waals surface area contributed by atoms with Crippen molar-refractivity contribution in [2.24, 2.45) is 5.92 Å². The summed E-state index contributed by atoms with van der Waals surface area (Å²) in [5.41, 5.74) is 2.32. The summed E-state index contributed by atoms with van der Waals surface area (Å²) < 4.78 is 0. The molecule has 1 fully saturated rings. The molecule has 7 heteroatoms. The second-order valence-corrected chi connectivity index (χ2v) is 5.45. The number of aromatic nitrogens is 3. The van der Waals surface area contributed by atoms with Crippen LogP contribution in [0.25, 0.3) is 11.2 Å². The molecule has 3 rings (SSSR count). The second kappa shape index (κ2) is 5.51. The first kappa shape index (κ1) is 13.5. The molecule has 3 heterocycles. The van der Waals surface area contributed by atoms with Crippen LogP contribution in [0.2, 0.25) is 0 Å². The Hall–Kier alpha value is -2.44. The van der Waals surface area contributed by atoms with Gasteiger partial charge in [0.1, 0.15) is 5.52 Å². The number of anilines is 1. The lowest BCUT2D eigenvalue weighted by Gasteiger charge is -2.37. The van der Waals surface area contributed by atoms with Crippen LogP contribution in [0.3, 0.4) is 0 Å². The molecule has 1 aliphatic heterocycles. The van der Waals surface area contributed by atoms with Crippen molar-refractivity contribution in [3.8, 4) is 0 Å². The van der Waals surface area contributed by atoms with Crippen molar-refractivity contribution in [2.75, 3.05) is 18.0 Å². The van der Waals surface area contributed by atoms with E-state index < -0.39 is 6.09 Å². The molecular weight excluding hydrogens is 270 g/mol. The van der Waals surface area contributed by atoms with Gasteiger partial charge in [-0.1, -0.05) is 6.92 Å². The van der Waals surface area contributed by atoms with E-state index in [1.54, 1.807) is 18.6 Å². The average Bonchev–Trinajstić information content (AvgIpc) is 2.45. The van der Waals surface area contributed by atoms with Crippen molar-refractivity contribution in [3.05, 3.63) is 24.7 Å². The van der Waals surface area contributed by atoms with Crippen LogP contribution in [0.4, 0.5) is 10.5 Å². The van der Waals surface area contributed by atoms with Gasteiger partial charge in [-0.15, -0.1) is 0 Å². The summed E-state index contributed by atoms with van der Waals surface area (Å²) in [4.78, 5) is 25.8. The van der Waals surface area contributed by atoms with Crippen molar-refractivity contribution in [2.45, 2.75) is 19.4 Å². The quantitative estimate of drug-likeness (QED) is 0.870. The SMILES string of the molecule is C[C@H]1C[C@@H](NC(=O)O)CN(c2ccnc3nccnc23)C1. The van der Waals surface area contributed by atoms with E-state index in [0.29, 0.717) is 18.1 Å². The van der Waals surface area contributed by atoms with Gasteiger partial charge in [-0.05, 0) is 18.4 Å². The average molecular weight is 287 g/mol. The van der Waals surface area contributed by atoms with Crippen LogP contribution in [-0.4, -0.2) is 45.3 Å². The first-order valence-electron chi connectivity index (χ1n) is 6.93. The molecule has 2 N–H and O–H groups in total. The number of fused-ring (bicyclic) bond motifs is 1. The largest absolute Gasteiger partial charge is 0.465 e. The van der Waals surface area contributed by atoms with Crippen molar-refractivity contribution >= 4 is 22.9 Å². The minimum Gasteiger partial charge on any atom is -0.465 e. The fourth-order valence-electron chi connectivity index (χ4n) is 2.95. The number of pyridine rings is 1. The van der Waals surface area contributed by atoms with Crippen molar-refractivity contribution in [1.82, 2.24) is 20.3 Å². The zero-order valence-electron chi connectivity index (χ0n) is 11.7. The first-order chi connectivity index (χ1) is 10.1. The molecule has 2 aromatic rings. The Kier molecular flexibility index (Phi) is 3.55. The van der Waals surface area contributed by atoms with E-state index in [9.17, 15) is 4.79 Å². The van der Waals surface area contributed by atoms with E-state index in [1.807, 2.05) is 6.07 Å². The highest BCUT2D eigenvalue weighted by molar-refractivity contribution is 5.85.